The Kier molecular flexibility index (Phi) is 6.86. The zero-order valence-corrected chi connectivity index (χ0v) is 17.4. The van der Waals surface area contributed by atoms with Crippen molar-refractivity contribution in [3.63, 3.8) is 0 Å². The Hall–Kier alpha value is -2.09. The number of carbonyl (C=O) groups excluding carboxylic acids is 1. The lowest BCUT2D eigenvalue weighted by atomic mass is 10.1. The van der Waals surface area contributed by atoms with Gasteiger partial charge in [0.05, 0.1) is 5.69 Å². The van der Waals surface area contributed by atoms with E-state index in [1.807, 2.05) is 38.1 Å². The highest BCUT2D eigenvalue weighted by Crippen LogP contribution is 2.25. The molecule has 0 spiro atoms. The molecule has 0 fully saturated rings. The molecule has 1 amide bonds. The van der Waals surface area contributed by atoms with Crippen molar-refractivity contribution in [3.05, 3.63) is 64.2 Å². The fourth-order valence-electron chi connectivity index (χ4n) is 2.47. The Morgan fingerprint density at radius 3 is 2.30 bits per heavy atom. The van der Waals surface area contributed by atoms with E-state index in [-0.39, 0.29) is 6.54 Å². The maximum atomic E-state index is 12.8. The molecule has 6 nitrogen and oxygen atoms in total. The number of amides is 1. The second-order valence-corrected chi connectivity index (χ2v) is 8.99. The zero-order chi connectivity index (χ0) is 20.2. The lowest BCUT2D eigenvalue weighted by Gasteiger charge is -2.28. The Balaban J connectivity index is 2.22. The van der Waals surface area contributed by atoms with Crippen molar-refractivity contribution >= 4 is 33.4 Å². The van der Waals surface area contributed by atoms with E-state index in [0.717, 1.165) is 25.3 Å². The number of hydrogen-bond donors (Lipinski definition) is 1. The average Bonchev–Trinajstić information content (AvgIpc) is 2.61. The van der Waals surface area contributed by atoms with Gasteiger partial charge in [0.2, 0.25) is 5.91 Å². The molecule has 0 atom stereocenters. The minimum Gasteiger partial charge on any atom is -0.350 e. The van der Waals surface area contributed by atoms with Crippen LogP contribution in [0.5, 0.6) is 0 Å². The predicted molar refractivity (Wildman–Crippen MR) is 109 cm³/mol. The number of anilines is 1. The third-order valence-electron chi connectivity index (χ3n) is 4.06. The molecule has 0 unspecified atom stereocenters. The van der Waals surface area contributed by atoms with Gasteiger partial charge in [-0.1, -0.05) is 35.9 Å². The first-order valence-corrected chi connectivity index (χ1v) is 10.2. The van der Waals surface area contributed by atoms with Crippen LogP contribution in [0.25, 0.3) is 0 Å². The SMILES string of the molecule is Cc1ccc(C)c(N(CC(=O)NCc2ccc(Cl)cc2)S(=O)(=O)N(C)C)c1. The number of nitrogens with zero attached hydrogens (tertiary/aromatic N) is 2. The monoisotopic (exact) mass is 409 g/mol. The molecule has 0 saturated carbocycles. The molecular weight excluding hydrogens is 386 g/mol. The molecule has 27 heavy (non-hydrogen) atoms. The molecule has 0 heterocycles. The second kappa shape index (κ2) is 8.73. The number of benzene rings is 2. The van der Waals surface area contributed by atoms with Gasteiger partial charge in [0.15, 0.2) is 0 Å². The third-order valence-corrected chi connectivity index (χ3v) is 6.12. The van der Waals surface area contributed by atoms with Gasteiger partial charge in [-0.2, -0.15) is 12.7 Å². The Morgan fingerprint density at radius 1 is 1.07 bits per heavy atom. The highest BCUT2D eigenvalue weighted by Gasteiger charge is 2.28. The van der Waals surface area contributed by atoms with Crippen molar-refractivity contribution in [1.29, 1.82) is 0 Å². The summed E-state index contributed by atoms with van der Waals surface area (Å²) < 4.78 is 27.8. The second-order valence-electron chi connectivity index (χ2n) is 6.49. The Morgan fingerprint density at radius 2 is 1.70 bits per heavy atom. The van der Waals surface area contributed by atoms with Crippen molar-refractivity contribution < 1.29 is 13.2 Å². The summed E-state index contributed by atoms with van der Waals surface area (Å²) in [6.45, 7) is 3.68. The van der Waals surface area contributed by atoms with Crippen LogP contribution in [-0.4, -0.2) is 39.3 Å². The van der Waals surface area contributed by atoms with Crippen LogP contribution in [0.4, 0.5) is 5.69 Å². The minimum atomic E-state index is -3.83. The molecule has 0 aliphatic heterocycles. The van der Waals surface area contributed by atoms with Crippen molar-refractivity contribution in [2.75, 3.05) is 24.9 Å². The van der Waals surface area contributed by atoms with Crippen LogP contribution in [0.1, 0.15) is 16.7 Å². The molecule has 0 aromatic heterocycles. The smallest absolute Gasteiger partial charge is 0.304 e. The van der Waals surface area contributed by atoms with Crippen LogP contribution in [0.2, 0.25) is 5.02 Å². The zero-order valence-electron chi connectivity index (χ0n) is 15.9. The van der Waals surface area contributed by atoms with Gasteiger partial charge < -0.3 is 5.32 Å². The summed E-state index contributed by atoms with van der Waals surface area (Å²) in [7, 11) is -0.939. The number of rotatable bonds is 7. The normalized spacial score (nSPS) is 11.5. The number of aryl methyl sites for hydroxylation is 2. The molecule has 8 heteroatoms. The Bertz CT molecular complexity index is 912. The molecular formula is C19H24ClN3O3S. The standard InChI is InChI=1S/C19H24ClN3O3S/c1-14-5-6-15(2)18(11-14)23(27(25,26)22(3)4)13-19(24)21-12-16-7-9-17(20)10-8-16/h5-11H,12-13H2,1-4H3,(H,21,24). The largest absolute Gasteiger partial charge is 0.350 e. The molecule has 1 N–H and O–H groups in total. The van der Waals surface area contributed by atoms with Gasteiger partial charge in [0, 0.05) is 25.7 Å². The van der Waals surface area contributed by atoms with Crippen LogP contribution in [0, 0.1) is 13.8 Å². The number of halogens is 1. The maximum Gasteiger partial charge on any atom is 0.304 e. The van der Waals surface area contributed by atoms with Gasteiger partial charge in [0.1, 0.15) is 6.54 Å². The van der Waals surface area contributed by atoms with Crippen LogP contribution in [0.3, 0.4) is 0 Å². The van der Waals surface area contributed by atoms with Crippen LogP contribution >= 0.6 is 11.6 Å². The van der Waals surface area contributed by atoms with Gasteiger partial charge >= 0.3 is 10.2 Å². The predicted octanol–water partition coefficient (Wildman–Crippen LogP) is 2.89. The van der Waals surface area contributed by atoms with Crippen LogP contribution < -0.4 is 9.62 Å². The molecule has 0 radical (unpaired) electrons. The highest BCUT2D eigenvalue weighted by atomic mass is 35.5. The molecule has 2 aromatic rings. The summed E-state index contributed by atoms with van der Waals surface area (Å²) >= 11 is 5.85. The molecule has 0 bridgehead atoms. The number of carbonyl (C=O) groups is 1. The van der Waals surface area contributed by atoms with E-state index >= 15 is 0 Å². The quantitative estimate of drug-likeness (QED) is 0.764. The minimum absolute atomic E-state index is 0.290. The molecule has 146 valence electrons. The summed E-state index contributed by atoms with van der Waals surface area (Å²) in [4.78, 5) is 12.5. The van der Waals surface area contributed by atoms with Crippen molar-refractivity contribution in [2.24, 2.45) is 0 Å². The van der Waals surface area contributed by atoms with Crippen molar-refractivity contribution in [1.82, 2.24) is 9.62 Å². The molecule has 0 aliphatic carbocycles. The van der Waals surface area contributed by atoms with Crippen LogP contribution in [0.15, 0.2) is 42.5 Å². The molecule has 0 saturated heterocycles. The van der Waals surface area contributed by atoms with E-state index < -0.39 is 16.1 Å². The molecule has 2 rings (SSSR count). The third kappa shape index (κ3) is 5.45. The van der Waals surface area contributed by atoms with Gasteiger partial charge in [-0.15, -0.1) is 0 Å². The lowest BCUT2D eigenvalue weighted by molar-refractivity contribution is -0.119. The van der Waals surface area contributed by atoms with Crippen molar-refractivity contribution in [3.8, 4) is 0 Å². The van der Waals surface area contributed by atoms with Gasteiger partial charge in [-0.3, -0.25) is 4.79 Å². The summed E-state index contributed by atoms with van der Waals surface area (Å²) in [6.07, 6.45) is 0. The van der Waals surface area contributed by atoms with E-state index in [1.54, 1.807) is 18.2 Å². The first-order valence-electron chi connectivity index (χ1n) is 8.40. The van der Waals surface area contributed by atoms with Gasteiger partial charge in [-0.05, 0) is 48.7 Å². The highest BCUT2D eigenvalue weighted by molar-refractivity contribution is 7.90. The summed E-state index contributed by atoms with van der Waals surface area (Å²) in [6, 6.07) is 12.6. The van der Waals surface area contributed by atoms with Crippen molar-refractivity contribution in [2.45, 2.75) is 20.4 Å². The molecule has 0 aliphatic rings. The summed E-state index contributed by atoms with van der Waals surface area (Å²) in [5.74, 6) is -0.392. The van der Waals surface area contributed by atoms with Gasteiger partial charge in [-0.25, -0.2) is 4.31 Å². The fraction of sp³-hybridized carbons (Fsp3) is 0.316. The number of hydrogen-bond acceptors (Lipinski definition) is 3. The fourth-order valence-corrected chi connectivity index (χ4v) is 3.71. The van der Waals surface area contributed by atoms with E-state index in [0.29, 0.717) is 17.3 Å². The maximum absolute atomic E-state index is 12.8. The van der Waals surface area contributed by atoms with E-state index in [1.165, 1.54) is 14.1 Å². The van der Waals surface area contributed by atoms with E-state index in [4.69, 9.17) is 11.6 Å². The number of nitrogens with one attached hydrogen (secondary N) is 1. The topological polar surface area (TPSA) is 69.7 Å². The average molecular weight is 410 g/mol. The van der Waals surface area contributed by atoms with Crippen LogP contribution in [-0.2, 0) is 21.5 Å². The summed E-state index contributed by atoms with van der Waals surface area (Å²) in [5.41, 5.74) is 3.06. The van der Waals surface area contributed by atoms with E-state index in [9.17, 15) is 13.2 Å². The van der Waals surface area contributed by atoms with E-state index in [2.05, 4.69) is 5.32 Å². The first-order chi connectivity index (χ1) is 12.6. The summed E-state index contributed by atoms with van der Waals surface area (Å²) in [5, 5.41) is 3.37. The molecule has 2 aromatic carbocycles. The Labute approximate surface area is 165 Å². The van der Waals surface area contributed by atoms with Gasteiger partial charge in [0.25, 0.3) is 0 Å². The first kappa shape index (κ1) is 21.2. The lowest BCUT2D eigenvalue weighted by Crippen LogP contribution is -2.46.